The topological polar surface area (TPSA) is 26.3 Å². The summed E-state index contributed by atoms with van der Waals surface area (Å²) in [5.74, 6) is -0.204. The highest BCUT2D eigenvalue weighted by Crippen LogP contribution is 2.10. The number of carbonyl (C=O) groups is 1. The van der Waals surface area contributed by atoms with E-state index in [-0.39, 0.29) is 5.97 Å². The molecule has 1 rings (SSSR count). The predicted octanol–water partition coefficient (Wildman–Crippen LogP) is 3.99. The van der Waals surface area contributed by atoms with Gasteiger partial charge in [0.2, 0.25) is 0 Å². The van der Waals surface area contributed by atoms with Crippen LogP contribution in [0.25, 0.3) is 0 Å². The van der Waals surface area contributed by atoms with Crippen LogP contribution in [0.5, 0.6) is 0 Å². The Morgan fingerprint density at radius 1 is 1.18 bits per heavy atom. The van der Waals surface area contributed by atoms with Crippen LogP contribution in [0, 0.1) is 0 Å². The molecule has 0 radical (unpaired) electrons. The minimum Gasteiger partial charge on any atom is -0.462 e. The average Bonchev–Trinajstić information content (AvgIpc) is 2.36. The summed E-state index contributed by atoms with van der Waals surface area (Å²) in [5.41, 5.74) is 1.90. The van der Waals surface area contributed by atoms with E-state index in [9.17, 15) is 4.79 Å². The number of hydrogen-bond donors (Lipinski definition) is 0. The van der Waals surface area contributed by atoms with E-state index >= 15 is 0 Å². The zero-order chi connectivity index (χ0) is 12.5. The number of benzene rings is 1. The van der Waals surface area contributed by atoms with E-state index in [4.69, 9.17) is 4.74 Å². The molecule has 0 bridgehead atoms. The van der Waals surface area contributed by atoms with Gasteiger partial charge in [-0.25, -0.2) is 4.79 Å². The maximum Gasteiger partial charge on any atom is 0.338 e. The summed E-state index contributed by atoms with van der Waals surface area (Å²) in [6.07, 6.45) is 5.55. The van der Waals surface area contributed by atoms with Crippen molar-refractivity contribution in [2.45, 2.75) is 46.0 Å². The molecule has 0 spiro atoms. The van der Waals surface area contributed by atoms with E-state index < -0.39 is 0 Å². The fraction of sp³-hybridized carbons (Fsp3) is 0.533. The highest BCUT2D eigenvalue weighted by atomic mass is 16.5. The second-order valence-electron chi connectivity index (χ2n) is 4.29. The standard InChI is InChI=1S/C15H22O2/c1-3-5-6-8-13-9-7-10-14(12-13)15(16)17-11-4-2/h7,9-10,12H,3-6,8,11H2,1-2H3. The van der Waals surface area contributed by atoms with Crippen LogP contribution < -0.4 is 0 Å². The Morgan fingerprint density at radius 3 is 2.71 bits per heavy atom. The van der Waals surface area contributed by atoms with Crippen molar-refractivity contribution < 1.29 is 9.53 Å². The summed E-state index contributed by atoms with van der Waals surface area (Å²) in [6, 6.07) is 7.78. The zero-order valence-corrected chi connectivity index (χ0v) is 10.9. The fourth-order valence-electron chi connectivity index (χ4n) is 1.71. The summed E-state index contributed by atoms with van der Waals surface area (Å²) < 4.78 is 5.12. The molecular weight excluding hydrogens is 212 g/mol. The van der Waals surface area contributed by atoms with E-state index in [0.29, 0.717) is 12.2 Å². The second kappa shape index (κ2) is 7.88. The van der Waals surface area contributed by atoms with Crippen LogP contribution in [0.4, 0.5) is 0 Å². The molecule has 0 amide bonds. The summed E-state index contributed by atoms with van der Waals surface area (Å²) in [6.45, 7) is 4.69. The number of esters is 1. The van der Waals surface area contributed by atoms with Gasteiger partial charge in [-0.05, 0) is 37.0 Å². The quantitative estimate of drug-likeness (QED) is 0.527. The summed E-state index contributed by atoms with van der Waals surface area (Å²) in [7, 11) is 0. The Bertz CT molecular complexity index is 345. The maximum atomic E-state index is 11.7. The molecule has 0 aromatic heterocycles. The summed E-state index contributed by atoms with van der Waals surface area (Å²) in [4.78, 5) is 11.7. The first-order chi connectivity index (χ1) is 8.27. The van der Waals surface area contributed by atoms with Crippen molar-refractivity contribution in [1.29, 1.82) is 0 Å². The minimum absolute atomic E-state index is 0.204. The van der Waals surface area contributed by atoms with Gasteiger partial charge in [-0.3, -0.25) is 0 Å². The highest BCUT2D eigenvalue weighted by Gasteiger charge is 2.06. The number of carbonyl (C=O) groups excluding carboxylic acids is 1. The lowest BCUT2D eigenvalue weighted by Gasteiger charge is -2.05. The lowest BCUT2D eigenvalue weighted by molar-refractivity contribution is 0.0505. The van der Waals surface area contributed by atoms with Crippen LogP contribution in [0.2, 0.25) is 0 Å². The van der Waals surface area contributed by atoms with Crippen LogP contribution in [-0.4, -0.2) is 12.6 Å². The molecule has 0 atom stereocenters. The van der Waals surface area contributed by atoms with Crippen molar-refractivity contribution in [3.8, 4) is 0 Å². The van der Waals surface area contributed by atoms with E-state index in [1.165, 1.54) is 24.8 Å². The molecule has 0 aliphatic rings. The van der Waals surface area contributed by atoms with Crippen LogP contribution >= 0.6 is 0 Å². The lowest BCUT2D eigenvalue weighted by atomic mass is 10.0. The van der Waals surface area contributed by atoms with Crippen molar-refractivity contribution in [2.75, 3.05) is 6.61 Å². The Labute approximate surface area is 104 Å². The third-order valence-electron chi connectivity index (χ3n) is 2.67. The molecule has 0 N–H and O–H groups in total. The molecule has 0 aliphatic carbocycles. The van der Waals surface area contributed by atoms with Gasteiger partial charge in [0, 0.05) is 0 Å². The van der Waals surface area contributed by atoms with Gasteiger partial charge in [-0.1, -0.05) is 38.8 Å². The smallest absolute Gasteiger partial charge is 0.338 e. The second-order valence-corrected chi connectivity index (χ2v) is 4.29. The molecule has 0 saturated carbocycles. The molecular formula is C15H22O2. The Hall–Kier alpha value is -1.31. The SMILES string of the molecule is CCCCCc1cccc(C(=O)OCCC)c1. The third kappa shape index (κ3) is 5.03. The Morgan fingerprint density at radius 2 is 2.00 bits per heavy atom. The van der Waals surface area contributed by atoms with Gasteiger partial charge >= 0.3 is 5.97 Å². The van der Waals surface area contributed by atoms with Gasteiger partial charge in [0.25, 0.3) is 0 Å². The van der Waals surface area contributed by atoms with Gasteiger partial charge in [-0.15, -0.1) is 0 Å². The highest BCUT2D eigenvalue weighted by molar-refractivity contribution is 5.89. The number of unbranched alkanes of at least 4 members (excludes halogenated alkanes) is 2. The van der Waals surface area contributed by atoms with E-state index in [2.05, 4.69) is 13.0 Å². The molecule has 0 saturated heterocycles. The summed E-state index contributed by atoms with van der Waals surface area (Å²) in [5, 5.41) is 0. The van der Waals surface area contributed by atoms with E-state index in [0.717, 1.165) is 12.8 Å². The Kier molecular flexibility index (Phi) is 6.38. The molecule has 2 nitrogen and oxygen atoms in total. The molecule has 1 aromatic carbocycles. The first-order valence-electron chi connectivity index (χ1n) is 6.54. The number of ether oxygens (including phenoxy) is 1. The number of rotatable bonds is 7. The maximum absolute atomic E-state index is 11.7. The van der Waals surface area contributed by atoms with Crippen molar-refractivity contribution >= 4 is 5.97 Å². The molecule has 0 fully saturated rings. The number of hydrogen-bond acceptors (Lipinski definition) is 2. The van der Waals surface area contributed by atoms with Crippen molar-refractivity contribution in [1.82, 2.24) is 0 Å². The van der Waals surface area contributed by atoms with Gasteiger partial charge < -0.3 is 4.74 Å². The zero-order valence-electron chi connectivity index (χ0n) is 10.9. The Balaban J connectivity index is 2.55. The number of aryl methyl sites for hydroxylation is 1. The van der Waals surface area contributed by atoms with Gasteiger partial charge in [0.15, 0.2) is 0 Å². The van der Waals surface area contributed by atoms with Crippen LogP contribution in [-0.2, 0) is 11.2 Å². The molecule has 1 aromatic rings. The molecule has 2 heteroatoms. The van der Waals surface area contributed by atoms with Gasteiger partial charge in [0.1, 0.15) is 0 Å². The first kappa shape index (κ1) is 13.8. The predicted molar refractivity (Wildman–Crippen MR) is 70.2 cm³/mol. The van der Waals surface area contributed by atoms with Crippen molar-refractivity contribution in [3.05, 3.63) is 35.4 Å². The fourth-order valence-corrected chi connectivity index (χ4v) is 1.71. The monoisotopic (exact) mass is 234 g/mol. The normalized spacial score (nSPS) is 10.2. The molecule has 17 heavy (non-hydrogen) atoms. The first-order valence-corrected chi connectivity index (χ1v) is 6.54. The average molecular weight is 234 g/mol. The molecule has 0 aliphatic heterocycles. The molecule has 0 unspecified atom stereocenters. The van der Waals surface area contributed by atoms with Crippen LogP contribution in [0.1, 0.15) is 55.5 Å². The largest absolute Gasteiger partial charge is 0.462 e. The van der Waals surface area contributed by atoms with Gasteiger partial charge in [-0.2, -0.15) is 0 Å². The molecule has 0 heterocycles. The third-order valence-corrected chi connectivity index (χ3v) is 2.67. The lowest BCUT2D eigenvalue weighted by Crippen LogP contribution is -2.06. The van der Waals surface area contributed by atoms with Crippen LogP contribution in [0.15, 0.2) is 24.3 Å². The van der Waals surface area contributed by atoms with E-state index in [1.807, 2.05) is 25.1 Å². The van der Waals surface area contributed by atoms with Crippen molar-refractivity contribution in [3.63, 3.8) is 0 Å². The van der Waals surface area contributed by atoms with Crippen LogP contribution in [0.3, 0.4) is 0 Å². The summed E-state index contributed by atoms with van der Waals surface area (Å²) >= 11 is 0. The molecule has 94 valence electrons. The van der Waals surface area contributed by atoms with E-state index in [1.54, 1.807) is 0 Å². The minimum atomic E-state index is -0.204. The van der Waals surface area contributed by atoms with Gasteiger partial charge in [0.05, 0.1) is 12.2 Å². The van der Waals surface area contributed by atoms with Crippen molar-refractivity contribution in [2.24, 2.45) is 0 Å².